The van der Waals surface area contributed by atoms with Crippen LogP contribution >= 0.6 is 0 Å². The average molecular weight is 225 g/mol. The van der Waals surface area contributed by atoms with E-state index in [4.69, 9.17) is 4.74 Å². The Morgan fingerprint density at radius 2 is 1.94 bits per heavy atom. The molecule has 0 bridgehead atoms. The van der Waals surface area contributed by atoms with Crippen LogP contribution in [0.3, 0.4) is 0 Å². The fourth-order valence-electron chi connectivity index (χ4n) is 2.72. The molecule has 2 aliphatic rings. The highest BCUT2D eigenvalue weighted by Crippen LogP contribution is 2.39. The maximum Gasteiger partial charge on any atom is 0.323 e. The molecule has 0 aromatic heterocycles. The fraction of sp³-hybridized carbons (Fsp3) is 0.923. The topological polar surface area (TPSA) is 38.3 Å². The Morgan fingerprint density at radius 3 is 2.44 bits per heavy atom. The van der Waals surface area contributed by atoms with Gasteiger partial charge in [-0.2, -0.15) is 0 Å². The lowest BCUT2D eigenvalue weighted by atomic mass is 9.73. The van der Waals surface area contributed by atoms with Gasteiger partial charge < -0.3 is 10.1 Å². The number of esters is 1. The number of hydrogen-bond donors (Lipinski definition) is 1. The molecule has 0 radical (unpaired) electrons. The van der Waals surface area contributed by atoms with Gasteiger partial charge in [-0.25, -0.2) is 0 Å². The van der Waals surface area contributed by atoms with Crippen molar-refractivity contribution in [3.05, 3.63) is 0 Å². The Balaban J connectivity index is 1.94. The average Bonchev–Trinajstić information content (AvgIpc) is 2.45. The largest absolute Gasteiger partial charge is 0.459 e. The first-order valence-electron chi connectivity index (χ1n) is 6.43. The van der Waals surface area contributed by atoms with E-state index in [2.05, 4.69) is 5.32 Å². The Labute approximate surface area is 97.9 Å². The fourth-order valence-corrected chi connectivity index (χ4v) is 2.72. The number of carbonyl (C=O) groups is 1. The van der Waals surface area contributed by atoms with Crippen LogP contribution in [0.25, 0.3) is 0 Å². The number of ether oxygens (including phenoxy) is 1. The number of nitrogens with one attached hydrogen (secondary N) is 1. The number of carbonyl (C=O) groups excluding carboxylic acids is 1. The Kier molecular flexibility index (Phi) is 3.24. The second-order valence-electron chi connectivity index (χ2n) is 6.11. The summed E-state index contributed by atoms with van der Waals surface area (Å²) in [6.45, 7) is 6.75. The minimum absolute atomic E-state index is 0.0514. The van der Waals surface area contributed by atoms with Crippen LogP contribution < -0.4 is 5.32 Å². The summed E-state index contributed by atoms with van der Waals surface area (Å²) < 4.78 is 5.47. The Morgan fingerprint density at radius 1 is 1.25 bits per heavy atom. The van der Waals surface area contributed by atoms with Gasteiger partial charge in [-0.15, -0.1) is 0 Å². The van der Waals surface area contributed by atoms with Crippen molar-refractivity contribution in [3.63, 3.8) is 0 Å². The molecule has 1 heterocycles. The molecule has 0 spiro atoms. The van der Waals surface area contributed by atoms with Crippen LogP contribution in [0.2, 0.25) is 0 Å². The van der Waals surface area contributed by atoms with E-state index in [-0.39, 0.29) is 17.6 Å². The van der Waals surface area contributed by atoms with Crippen LogP contribution in [0, 0.1) is 11.8 Å². The minimum atomic E-state index is -0.370. The van der Waals surface area contributed by atoms with E-state index >= 15 is 0 Å². The molecule has 2 rings (SSSR count). The highest BCUT2D eigenvalue weighted by Gasteiger charge is 2.41. The molecule has 0 aromatic carbocycles. The standard InChI is InChI=1S/C13H23NO2/c1-13(2,3)16-12(15)11-10(7-8-14-11)9-5-4-6-9/h9-11,14H,4-8H2,1-3H3/t10-,11-/m0/s1. The van der Waals surface area contributed by atoms with Crippen LogP contribution in [0.1, 0.15) is 46.5 Å². The zero-order valence-corrected chi connectivity index (χ0v) is 10.6. The molecule has 92 valence electrons. The lowest BCUT2D eigenvalue weighted by molar-refractivity contribution is -0.159. The van der Waals surface area contributed by atoms with Crippen molar-refractivity contribution in [2.75, 3.05) is 6.54 Å². The van der Waals surface area contributed by atoms with Gasteiger partial charge in [0.1, 0.15) is 11.6 Å². The third-order valence-corrected chi connectivity index (χ3v) is 3.69. The van der Waals surface area contributed by atoms with Gasteiger partial charge in [-0.3, -0.25) is 4.79 Å². The quantitative estimate of drug-likeness (QED) is 0.731. The van der Waals surface area contributed by atoms with Crippen molar-refractivity contribution in [3.8, 4) is 0 Å². The van der Waals surface area contributed by atoms with E-state index in [9.17, 15) is 4.79 Å². The zero-order chi connectivity index (χ0) is 11.8. The van der Waals surface area contributed by atoms with Crippen LogP contribution in [0.5, 0.6) is 0 Å². The van der Waals surface area contributed by atoms with E-state index in [1.807, 2.05) is 20.8 Å². The molecule has 2 atom stereocenters. The van der Waals surface area contributed by atoms with Gasteiger partial charge >= 0.3 is 5.97 Å². The molecule has 3 nitrogen and oxygen atoms in total. The normalized spacial score (nSPS) is 31.2. The lowest BCUT2D eigenvalue weighted by Crippen LogP contribution is -2.43. The Bertz CT molecular complexity index is 266. The molecular weight excluding hydrogens is 202 g/mol. The maximum absolute atomic E-state index is 12.0. The van der Waals surface area contributed by atoms with Crippen molar-refractivity contribution in [2.45, 2.75) is 58.1 Å². The van der Waals surface area contributed by atoms with Crippen molar-refractivity contribution in [2.24, 2.45) is 11.8 Å². The van der Waals surface area contributed by atoms with Gasteiger partial charge in [-0.05, 0) is 45.6 Å². The van der Waals surface area contributed by atoms with Gasteiger partial charge in [0.05, 0.1) is 0 Å². The molecule has 16 heavy (non-hydrogen) atoms. The molecule has 0 amide bonds. The van der Waals surface area contributed by atoms with Crippen molar-refractivity contribution in [1.82, 2.24) is 5.32 Å². The number of rotatable bonds is 2. The van der Waals surface area contributed by atoms with E-state index in [1.54, 1.807) is 0 Å². The molecule has 1 aliphatic carbocycles. The smallest absolute Gasteiger partial charge is 0.323 e. The van der Waals surface area contributed by atoms with Crippen molar-refractivity contribution < 1.29 is 9.53 Å². The first kappa shape index (κ1) is 11.9. The highest BCUT2D eigenvalue weighted by molar-refractivity contribution is 5.77. The summed E-state index contributed by atoms with van der Waals surface area (Å²) in [4.78, 5) is 12.0. The summed E-state index contributed by atoms with van der Waals surface area (Å²) in [6.07, 6.45) is 5.06. The van der Waals surface area contributed by atoms with Crippen molar-refractivity contribution in [1.29, 1.82) is 0 Å². The molecule has 0 unspecified atom stereocenters. The summed E-state index contributed by atoms with van der Waals surface area (Å²) in [6, 6.07) is -0.0514. The SMILES string of the molecule is CC(C)(C)OC(=O)[C@H]1NCC[C@H]1C1CCC1. The van der Waals surface area contributed by atoms with Crippen LogP contribution in [0.4, 0.5) is 0 Å². The first-order chi connectivity index (χ1) is 7.47. The third kappa shape index (κ3) is 2.57. The third-order valence-electron chi connectivity index (χ3n) is 3.69. The van der Waals surface area contributed by atoms with Gasteiger partial charge in [0.25, 0.3) is 0 Å². The van der Waals surface area contributed by atoms with Gasteiger partial charge in [0.15, 0.2) is 0 Å². The molecule has 1 N–H and O–H groups in total. The van der Waals surface area contributed by atoms with Crippen LogP contribution in [0.15, 0.2) is 0 Å². The molecule has 1 aliphatic heterocycles. The summed E-state index contributed by atoms with van der Waals surface area (Å²) in [5, 5.41) is 3.30. The second-order valence-corrected chi connectivity index (χ2v) is 6.11. The van der Waals surface area contributed by atoms with Crippen LogP contribution in [-0.2, 0) is 9.53 Å². The maximum atomic E-state index is 12.0. The molecule has 1 saturated heterocycles. The molecule has 3 heteroatoms. The minimum Gasteiger partial charge on any atom is -0.459 e. The van der Waals surface area contributed by atoms with E-state index in [0.29, 0.717) is 5.92 Å². The highest BCUT2D eigenvalue weighted by atomic mass is 16.6. The van der Waals surface area contributed by atoms with E-state index in [1.165, 1.54) is 19.3 Å². The predicted octanol–water partition coefficient (Wildman–Crippen LogP) is 2.11. The molecular formula is C13H23NO2. The van der Waals surface area contributed by atoms with Gasteiger partial charge in [0.2, 0.25) is 0 Å². The summed E-state index contributed by atoms with van der Waals surface area (Å²) in [5.41, 5.74) is -0.370. The van der Waals surface area contributed by atoms with Crippen molar-refractivity contribution >= 4 is 5.97 Å². The monoisotopic (exact) mass is 225 g/mol. The molecule has 0 aromatic rings. The summed E-state index contributed by atoms with van der Waals surface area (Å²) >= 11 is 0. The first-order valence-corrected chi connectivity index (χ1v) is 6.43. The number of hydrogen-bond acceptors (Lipinski definition) is 3. The predicted molar refractivity (Wildman–Crippen MR) is 63.1 cm³/mol. The molecule has 1 saturated carbocycles. The summed E-state index contributed by atoms with van der Waals surface area (Å²) in [7, 11) is 0. The van der Waals surface area contributed by atoms with Crippen LogP contribution in [-0.4, -0.2) is 24.2 Å². The summed E-state index contributed by atoms with van der Waals surface area (Å²) in [5.74, 6) is 1.22. The Hall–Kier alpha value is -0.570. The zero-order valence-electron chi connectivity index (χ0n) is 10.6. The van der Waals surface area contributed by atoms with E-state index < -0.39 is 0 Å². The van der Waals surface area contributed by atoms with Gasteiger partial charge in [-0.1, -0.05) is 19.3 Å². The second kappa shape index (κ2) is 4.36. The molecule has 2 fully saturated rings. The van der Waals surface area contributed by atoms with E-state index in [0.717, 1.165) is 18.9 Å². The van der Waals surface area contributed by atoms with Gasteiger partial charge in [0, 0.05) is 0 Å². The lowest BCUT2D eigenvalue weighted by Gasteiger charge is -2.34.